The predicted octanol–water partition coefficient (Wildman–Crippen LogP) is 5.07. The SMILES string of the molecule is Cc1ccc2cccc(-c3cccc4ccc(C)nc34)c2n1. The van der Waals surface area contributed by atoms with Crippen LogP contribution in [0, 0.1) is 13.8 Å². The standard InChI is InChI=1S/C20H16N2/c1-13-9-11-15-5-3-7-17(19(15)21-13)18-8-4-6-16-12-10-14(2)22-20(16)18/h3-12H,1-2H3. The average molecular weight is 284 g/mol. The lowest BCUT2D eigenvalue weighted by Crippen LogP contribution is -1.91. The van der Waals surface area contributed by atoms with Crippen molar-refractivity contribution in [3.63, 3.8) is 0 Å². The molecule has 0 bridgehead atoms. The minimum absolute atomic E-state index is 1.03. The van der Waals surface area contributed by atoms with E-state index in [0.717, 1.165) is 44.3 Å². The topological polar surface area (TPSA) is 25.8 Å². The van der Waals surface area contributed by atoms with Crippen LogP contribution in [-0.4, -0.2) is 9.97 Å². The van der Waals surface area contributed by atoms with Crippen LogP contribution in [0.25, 0.3) is 32.9 Å². The number of aryl methyl sites for hydroxylation is 2. The molecule has 2 nitrogen and oxygen atoms in total. The Kier molecular flexibility index (Phi) is 2.90. The normalized spacial score (nSPS) is 11.2. The smallest absolute Gasteiger partial charge is 0.0784 e. The monoisotopic (exact) mass is 284 g/mol. The van der Waals surface area contributed by atoms with Gasteiger partial charge in [-0.3, -0.25) is 9.97 Å². The Morgan fingerprint density at radius 2 is 1.00 bits per heavy atom. The molecule has 4 rings (SSSR count). The second-order valence-corrected chi connectivity index (χ2v) is 5.66. The second kappa shape index (κ2) is 4.92. The maximum Gasteiger partial charge on any atom is 0.0784 e. The molecule has 0 aliphatic carbocycles. The average Bonchev–Trinajstić information content (AvgIpc) is 2.54. The summed E-state index contributed by atoms with van der Waals surface area (Å²) in [5.74, 6) is 0. The molecule has 2 aromatic carbocycles. The Labute approximate surface area is 129 Å². The fraction of sp³-hybridized carbons (Fsp3) is 0.100. The van der Waals surface area contributed by atoms with Crippen molar-refractivity contribution in [2.75, 3.05) is 0 Å². The molecule has 0 aliphatic rings. The number of benzene rings is 2. The molecular weight excluding hydrogens is 268 g/mol. The van der Waals surface area contributed by atoms with E-state index < -0.39 is 0 Å². The molecule has 2 aromatic heterocycles. The molecule has 0 aliphatic heterocycles. The van der Waals surface area contributed by atoms with Crippen molar-refractivity contribution in [3.05, 3.63) is 72.1 Å². The Morgan fingerprint density at radius 1 is 0.545 bits per heavy atom. The Hall–Kier alpha value is -2.74. The van der Waals surface area contributed by atoms with Gasteiger partial charge in [0.05, 0.1) is 11.0 Å². The Balaban J connectivity index is 2.11. The molecule has 0 fully saturated rings. The molecule has 0 unspecified atom stereocenters. The van der Waals surface area contributed by atoms with Crippen LogP contribution < -0.4 is 0 Å². The summed E-state index contributed by atoms with van der Waals surface area (Å²) in [7, 11) is 0. The fourth-order valence-corrected chi connectivity index (χ4v) is 2.92. The number of rotatable bonds is 1. The molecule has 4 aromatic rings. The summed E-state index contributed by atoms with van der Waals surface area (Å²) in [6.07, 6.45) is 0. The third-order valence-electron chi connectivity index (χ3n) is 4.01. The van der Waals surface area contributed by atoms with Gasteiger partial charge in [0.1, 0.15) is 0 Å². The molecule has 2 heterocycles. The van der Waals surface area contributed by atoms with E-state index in [1.165, 1.54) is 0 Å². The van der Waals surface area contributed by atoms with Crippen molar-refractivity contribution >= 4 is 21.8 Å². The highest BCUT2D eigenvalue weighted by Gasteiger charge is 2.10. The molecule has 22 heavy (non-hydrogen) atoms. The largest absolute Gasteiger partial charge is 0.252 e. The van der Waals surface area contributed by atoms with E-state index >= 15 is 0 Å². The van der Waals surface area contributed by atoms with E-state index in [4.69, 9.17) is 9.97 Å². The first-order chi connectivity index (χ1) is 10.7. The van der Waals surface area contributed by atoms with Crippen LogP contribution in [0.3, 0.4) is 0 Å². The maximum absolute atomic E-state index is 4.75. The summed E-state index contributed by atoms with van der Waals surface area (Å²) in [5.41, 5.74) is 6.43. The molecule has 0 saturated heterocycles. The zero-order valence-corrected chi connectivity index (χ0v) is 12.7. The highest BCUT2D eigenvalue weighted by atomic mass is 14.7. The van der Waals surface area contributed by atoms with E-state index in [1.54, 1.807) is 0 Å². The zero-order chi connectivity index (χ0) is 15.1. The van der Waals surface area contributed by atoms with Crippen LogP contribution in [0.15, 0.2) is 60.7 Å². The molecule has 0 saturated carbocycles. The second-order valence-electron chi connectivity index (χ2n) is 5.66. The minimum atomic E-state index is 1.03. The first-order valence-corrected chi connectivity index (χ1v) is 7.45. The molecule has 0 N–H and O–H groups in total. The Bertz CT molecular complexity index is 920. The van der Waals surface area contributed by atoms with Gasteiger partial charge in [0.25, 0.3) is 0 Å². The molecular formula is C20H16N2. The molecule has 0 amide bonds. The number of pyridine rings is 2. The summed E-state index contributed by atoms with van der Waals surface area (Å²) in [6.45, 7) is 4.06. The van der Waals surface area contributed by atoms with Gasteiger partial charge in [0.15, 0.2) is 0 Å². The molecule has 0 atom stereocenters. The lowest BCUT2D eigenvalue weighted by Gasteiger charge is -2.10. The maximum atomic E-state index is 4.75. The van der Waals surface area contributed by atoms with Crippen LogP contribution in [0.4, 0.5) is 0 Å². The van der Waals surface area contributed by atoms with Crippen LogP contribution in [-0.2, 0) is 0 Å². The van der Waals surface area contributed by atoms with E-state index in [9.17, 15) is 0 Å². The van der Waals surface area contributed by atoms with Gasteiger partial charge in [-0.25, -0.2) is 0 Å². The molecule has 106 valence electrons. The number of nitrogens with zero attached hydrogens (tertiary/aromatic N) is 2. The van der Waals surface area contributed by atoms with Crippen LogP contribution in [0.5, 0.6) is 0 Å². The third-order valence-corrected chi connectivity index (χ3v) is 4.01. The Morgan fingerprint density at radius 3 is 1.45 bits per heavy atom. The first kappa shape index (κ1) is 13.0. The molecule has 0 spiro atoms. The van der Waals surface area contributed by atoms with Gasteiger partial charge >= 0.3 is 0 Å². The van der Waals surface area contributed by atoms with E-state index in [2.05, 4.69) is 60.7 Å². The summed E-state index contributed by atoms with van der Waals surface area (Å²) in [6, 6.07) is 21.0. The summed E-state index contributed by atoms with van der Waals surface area (Å²) >= 11 is 0. The van der Waals surface area contributed by atoms with E-state index in [0.29, 0.717) is 0 Å². The predicted molar refractivity (Wildman–Crippen MR) is 92.0 cm³/mol. The number of hydrogen-bond acceptors (Lipinski definition) is 2. The summed E-state index contributed by atoms with van der Waals surface area (Å²) < 4.78 is 0. The van der Waals surface area contributed by atoms with E-state index in [1.807, 2.05) is 13.8 Å². The van der Waals surface area contributed by atoms with Crippen molar-refractivity contribution in [1.82, 2.24) is 9.97 Å². The van der Waals surface area contributed by atoms with Gasteiger partial charge in [-0.1, -0.05) is 48.5 Å². The molecule has 0 radical (unpaired) electrons. The van der Waals surface area contributed by atoms with Crippen LogP contribution in [0.1, 0.15) is 11.4 Å². The zero-order valence-electron chi connectivity index (χ0n) is 12.7. The van der Waals surface area contributed by atoms with Gasteiger partial charge < -0.3 is 0 Å². The van der Waals surface area contributed by atoms with E-state index in [-0.39, 0.29) is 0 Å². The number of para-hydroxylation sites is 2. The summed E-state index contributed by atoms with van der Waals surface area (Å²) in [5, 5.41) is 2.32. The van der Waals surface area contributed by atoms with Crippen molar-refractivity contribution in [2.24, 2.45) is 0 Å². The fourth-order valence-electron chi connectivity index (χ4n) is 2.92. The van der Waals surface area contributed by atoms with Gasteiger partial charge in [0.2, 0.25) is 0 Å². The van der Waals surface area contributed by atoms with Gasteiger partial charge in [0, 0.05) is 33.3 Å². The highest BCUT2D eigenvalue weighted by Crippen LogP contribution is 2.32. The van der Waals surface area contributed by atoms with Gasteiger partial charge in [-0.05, 0) is 26.0 Å². The van der Waals surface area contributed by atoms with Crippen LogP contribution in [0.2, 0.25) is 0 Å². The number of fused-ring (bicyclic) bond motifs is 2. The van der Waals surface area contributed by atoms with Gasteiger partial charge in [-0.15, -0.1) is 0 Å². The van der Waals surface area contributed by atoms with Crippen molar-refractivity contribution in [2.45, 2.75) is 13.8 Å². The summed E-state index contributed by atoms with van der Waals surface area (Å²) in [4.78, 5) is 9.51. The van der Waals surface area contributed by atoms with Crippen molar-refractivity contribution < 1.29 is 0 Å². The van der Waals surface area contributed by atoms with Gasteiger partial charge in [-0.2, -0.15) is 0 Å². The highest BCUT2D eigenvalue weighted by molar-refractivity contribution is 6.02. The minimum Gasteiger partial charge on any atom is -0.252 e. The quantitative estimate of drug-likeness (QED) is 0.488. The number of hydrogen-bond donors (Lipinski definition) is 0. The molecule has 2 heteroatoms. The lowest BCUT2D eigenvalue weighted by molar-refractivity contribution is 1.25. The lowest BCUT2D eigenvalue weighted by atomic mass is 9.99. The van der Waals surface area contributed by atoms with Crippen LogP contribution >= 0.6 is 0 Å². The number of aromatic nitrogens is 2. The van der Waals surface area contributed by atoms with Crippen molar-refractivity contribution in [3.8, 4) is 11.1 Å². The third kappa shape index (κ3) is 2.04. The first-order valence-electron chi connectivity index (χ1n) is 7.45. The van der Waals surface area contributed by atoms with Crippen molar-refractivity contribution in [1.29, 1.82) is 0 Å².